The maximum absolute atomic E-state index is 3.60. The molecule has 0 unspecified atom stereocenters. The zero-order valence-electron chi connectivity index (χ0n) is 11.2. The van der Waals surface area contributed by atoms with Crippen LogP contribution in [0.15, 0.2) is 34.5 Å². The summed E-state index contributed by atoms with van der Waals surface area (Å²) in [6, 6.07) is 7.41. The van der Waals surface area contributed by atoms with Gasteiger partial charge in [-0.05, 0) is 48.2 Å². The van der Waals surface area contributed by atoms with Crippen LogP contribution >= 0.6 is 22.7 Å². The lowest BCUT2D eigenvalue weighted by molar-refractivity contribution is 0.723. The highest BCUT2D eigenvalue weighted by Gasteiger charge is 2.20. The van der Waals surface area contributed by atoms with Crippen molar-refractivity contribution >= 4 is 28.7 Å². The minimum Gasteiger partial charge on any atom is -0.310 e. The van der Waals surface area contributed by atoms with E-state index in [1.54, 1.807) is 0 Å². The first-order valence-corrected chi connectivity index (χ1v) is 8.66. The first kappa shape index (κ1) is 13.1. The van der Waals surface area contributed by atoms with Crippen molar-refractivity contribution in [2.75, 3.05) is 6.54 Å². The molecule has 0 aromatic carbocycles. The highest BCUT2D eigenvalue weighted by atomic mass is 32.1. The Kier molecular flexibility index (Phi) is 4.16. The zero-order valence-corrected chi connectivity index (χ0v) is 12.8. The van der Waals surface area contributed by atoms with Crippen molar-refractivity contribution in [3.63, 3.8) is 0 Å². The van der Waals surface area contributed by atoms with E-state index in [4.69, 9.17) is 0 Å². The van der Waals surface area contributed by atoms with Gasteiger partial charge in [0, 0.05) is 27.9 Å². The van der Waals surface area contributed by atoms with Crippen LogP contribution < -0.4 is 5.32 Å². The van der Waals surface area contributed by atoms with Crippen molar-refractivity contribution in [3.05, 3.63) is 39.4 Å². The first-order valence-electron chi connectivity index (χ1n) is 6.90. The van der Waals surface area contributed by atoms with Crippen LogP contribution in [0.4, 0.5) is 0 Å². The lowest BCUT2D eigenvalue weighted by atomic mass is 10.1. The van der Waals surface area contributed by atoms with Crippen LogP contribution in [0.2, 0.25) is 0 Å². The van der Waals surface area contributed by atoms with Gasteiger partial charge in [-0.15, -0.1) is 22.7 Å². The summed E-state index contributed by atoms with van der Waals surface area (Å²) < 4.78 is 0. The SMILES string of the molecule is CCC(=Cc1cc(-c2cccs2)cs1)CNC1CC1. The second-order valence-corrected chi connectivity index (χ2v) is 6.92. The van der Waals surface area contributed by atoms with Gasteiger partial charge in [0.15, 0.2) is 0 Å². The maximum atomic E-state index is 3.60. The van der Waals surface area contributed by atoms with Crippen LogP contribution in [-0.2, 0) is 0 Å². The van der Waals surface area contributed by atoms with E-state index in [0.717, 1.165) is 19.0 Å². The van der Waals surface area contributed by atoms with Gasteiger partial charge in [0.1, 0.15) is 0 Å². The highest BCUT2D eigenvalue weighted by Crippen LogP contribution is 2.30. The smallest absolute Gasteiger partial charge is 0.0351 e. The predicted octanol–water partition coefficient (Wildman–Crippen LogP) is 5.02. The van der Waals surface area contributed by atoms with Gasteiger partial charge in [-0.2, -0.15) is 0 Å². The van der Waals surface area contributed by atoms with Gasteiger partial charge < -0.3 is 5.32 Å². The van der Waals surface area contributed by atoms with Crippen LogP contribution in [0.3, 0.4) is 0 Å². The van der Waals surface area contributed by atoms with Gasteiger partial charge in [0.2, 0.25) is 0 Å². The predicted molar refractivity (Wildman–Crippen MR) is 86.9 cm³/mol. The fourth-order valence-corrected chi connectivity index (χ4v) is 3.72. The third-order valence-electron chi connectivity index (χ3n) is 3.42. The van der Waals surface area contributed by atoms with Gasteiger partial charge in [-0.25, -0.2) is 0 Å². The summed E-state index contributed by atoms with van der Waals surface area (Å²) in [5.41, 5.74) is 2.86. The van der Waals surface area contributed by atoms with E-state index >= 15 is 0 Å². The van der Waals surface area contributed by atoms with E-state index in [1.165, 1.54) is 33.7 Å². The van der Waals surface area contributed by atoms with Gasteiger partial charge in [0.05, 0.1) is 0 Å². The molecule has 19 heavy (non-hydrogen) atoms. The summed E-state index contributed by atoms with van der Waals surface area (Å²) in [6.07, 6.45) is 6.21. The average molecular weight is 289 g/mol. The monoisotopic (exact) mass is 289 g/mol. The minimum atomic E-state index is 0.792. The summed E-state index contributed by atoms with van der Waals surface area (Å²) >= 11 is 3.65. The average Bonchev–Trinajstić information content (AvgIpc) is 2.93. The molecule has 1 saturated carbocycles. The second kappa shape index (κ2) is 6.04. The Morgan fingerprint density at radius 2 is 2.32 bits per heavy atom. The van der Waals surface area contributed by atoms with Crippen LogP contribution in [0, 0.1) is 0 Å². The Labute approximate surface area is 123 Å². The Balaban J connectivity index is 1.69. The minimum absolute atomic E-state index is 0.792. The molecule has 1 fully saturated rings. The fourth-order valence-electron chi connectivity index (χ4n) is 2.04. The lowest BCUT2D eigenvalue weighted by Crippen LogP contribution is -2.18. The molecule has 100 valence electrons. The molecule has 1 aliphatic carbocycles. The second-order valence-electron chi connectivity index (χ2n) is 5.03. The third kappa shape index (κ3) is 3.56. The molecule has 0 atom stereocenters. The highest BCUT2D eigenvalue weighted by molar-refractivity contribution is 7.15. The molecule has 3 rings (SSSR count). The molecule has 2 aromatic rings. The summed E-state index contributed by atoms with van der Waals surface area (Å²) in [4.78, 5) is 2.74. The van der Waals surface area contributed by atoms with E-state index < -0.39 is 0 Å². The molecular weight excluding hydrogens is 270 g/mol. The number of nitrogens with one attached hydrogen (secondary N) is 1. The molecule has 0 radical (unpaired) electrons. The van der Waals surface area contributed by atoms with Gasteiger partial charge in [0.25, 0.3) is 0 Å². The molecule has 0 aliphatic heterocycles. The molecule has 3 heteroatoms. The molecule has 1 nitrogen and oxygen atoms in total. The fraction of sp³-hybridized carbons (Fsp3) is 0.375. The van der Waals surface area contributed by atoms with Crippen molar-refractivity contribution in [2.24, 2.45) is 0 Å². The molecule has 0 amide bonds. The van der Waals surface area contributed by atoms with E-state index in [2.05, 4.69) is 47.3 Å². The number of thiophene rings is 2. The van der Waals surface area contributed by atoms with Crippen LogP contribution in [0.5, 0.6) is 0 Å². The molecule has 0 saturated heterocycles. The third-order valence-corrected chi connectivity index (χ3v) is 5.22. The number of hydrogen-bond donors (Lipinski definition) is 1. The van der Waals surface area contributed by atoms with E-state index in [9.17, 15) is 0 Å². The summed E-state index contributed by atoms with van der Waals surface area (Å²) in [5.74, 6) is 0. The standard InChI is InChI=1S/C16H19NS2/c1-2-12(10-17-14-5-6-14)8-15-9-13(11-19-15)16-4-3-7-18-16/h3-4,7-9,11,14,17H,2,5-6,10H2,1H3. The molecule has 2 heterocycles. The number of hydrogen-bond acceptors (Lipinski definition) is 3. The van der Waals surface area contributed by atoms with E-state index in [-0.39, 0.29) is 0 Å². The Hall–Kier alpha value is -0.900. The summed E-state index contributed by atoms with van der Waals surface area (Å²) in [5, 5.41) is 8.00. The Morgan fingerprint density at radius 1 is 1.42 bits per heavy atom. The molecule has 2 aromatic heterocycles. The molecular formula is C16H19NS2. The quantitative estimate of drug-likeness (QED) is 0.787. The van der Waals surface area contributed by atoms with Gasteiger partial charge in [-0.1, -0.05) is 18.6 Å². The maximum Gasteiger partial charge on any atom is 0.0351 e. The van der Waals surface area contributed by atoms with Crippen molar-refractivity contribution < 1.29 is 0 Å². The van der Waals surface area contributed by atoms with Crippen molar-refractivity contribution in [2.45, 2.75) is 32.2 Å². The molecule has 0 bridgehead atoms. The topological polar surface area (TPSA) is 12.0 Å². The molecule has 0 spiro atoms. The van der Waals surface area contributed by atoms with Gasteiger partial charge in [-0.3, -0.25) is 0 Å². The Bertz CT molecular complexity index is 547. The Morgan fingerprint density at radius 3 is 3.00 bits per heavy atom. The van der Waals surface area contributed by atoms with Crippen molar-refractivity contribution in [1.82, 2.24) is 5.32 Å². The molecule has 1 aliphatic rings. The summed E-state index contributed by atoms with van der Waals surface area (Å²) in [6.45, 7) is 3.29. The molecule has 1 N–H and O–H groups in total. The van der Waals surface area contributed by atoms with Crippen LogP contribution in [0.25, 0.3) is 16.5 Å². The lowest BCUT2D eigenvalue weighted by Gasteiger charge is -2.05. The van der Waals surface area contributed by atoms with Gasteiger partial charge >= 0.3 is 0 Å². The van der Waals surface area contributed by atoms with Crippen LogP contribution in [0.1, 0.15) is 31.1 Å². The van der Waals surface area contributed by atoms with E-state index in [1.807, 2.05) is 22.7 Å². The zero-order chi connectivity index (χ0) is 13.1. The number of rotatable bonds is 6. The van der Waals surface area contributed by atoms with E-state index in [0.29, 0.717) is 0 Å². The van der Waals surface area contributed by atoms with Crippen LogP contribution in [-0.4, -0.2) is 12.6 Å². The normalized spacial score (nSPS) is 15.9. The van der Waals surface area contributed by atoms with Crippen molar-refractivity contribution in [3.8, 4) is 10.4 Å². The first-order chi connectivity index (χ1) is 9.35. The summed E-state index contributed by atoms with van der Waals surface area (Å²) in [7, 11) is 0. The van der Waals surface area contributed by atoms with Crippen molar-refractivity contribution in [1.29, 1.82) is 0 Å². The largest absolute Gasteiger partial charge is 0.310 e.